The monoisotopic (exact) mass is 453 g/mol. The first-order valence-electron chi connectivity index (χ1n) is 11.9. The Hall–Kier alpha value is -2.76. The average Bonchev–Trinajstić information content (AvgIpc) is 2.77. The molecule has 1 saturated carbocycles. The van der Waals surface area contributed by atoms with Crippen LogP contribution in [-0.2, 0) is 14.3 Å². The lowest BCUT2D eigenvalue weighted by molar-refractivity contribution is -0.146. The summed E-state index contributed by atoms with van der Waals surface area (Å²) in [5, 5.41) is 3.41. The van der Waals surface area contributed by atoms with E-state index in [-0.39, 0.29) is 23.3 Å². The van der Waals surface area contributed by atoms with E-state index in [4.69, 9.17) is 14.2 Å². The largest absolute Gasteiger partial charge is 0.493 e. The van der Waals surface area contributed by atoms with E-state index < -0.39 is 5.92 Å². The number of carbonyl (C=O) groups excluding carboxylic acids is 2. The first kappa shape index (κ1) is 23.4. The van der Waals surface area contributed by atoms with Crippen LogP contribution in [0.1, 0.15) is 77.2 Å². The van der Waals surface area contributed by atoms with Gasteiger partial charge in [0.05, 0.1) is 19.8 Å². The minimum absolute atomic E-state index is 0.0611. The summed E-state index contributed by atoms with van der Waals surface area (Å²) >= 11 is 0. The number of Topliss-reactive ketones (excluding diaryl/α,β-unsaturated/α-hetero) is 1. The zero-order chi connectivity index (χ0) is 23.8. The van der Waals surface area contributed by atoms with E-state index in [1.165, 1.54) is 6.42 Å². The quantitative estimate of drug-likeness (QED) is 0.619. The molecule has 3 aliphatic rings. The number of ketones is 1. The van der Waals surface area contributed by atoms with Crippen LogP contribution in [0.2, 0.25) is 0 Å². The molecule has 1 fully saturated rings. The second-order valence-electron chi connectivity index (χ2n) is 10.2. The predicted molar refractivity (Wildman–Crippen MR) is 126 cm³/mol. The molecule has 33 heavy (non-hydrogen) atoms. The van der Waals surface area contributed by atoms with E-state index in [1.807, 2.05) is 25.1 Å². The Morgan fingerprint density at radius 1 is 1.03 bits per heavy atom. The van der Waals surface area contributed by atoms with Crippen LogP contribution in [0.4, 0.5) is 0 Å². The van der Waals surface area contributed by atoms with Gasteiger partial charge in [0.1, 0.15) is 6.10 Å². The smallest absolute Gasteiger partial charge is 0.337 e. The van der Waals surface area contributed by atoms with Gasteiger partial charge in [0.2, 0.25) is 0 Å². The standard InChI is InChI=1S/C27H35NO5/c1-16-23(26(30)33-18-9-7-6-8-10-18)24(17-11-12-21(31-4)22(13-17)32-5)25-19(28-16)14-27(2,3)15-20(25)29/h11-13,18,24,28H,6-10,14-15H2,1-5H3. The van der Waals surface area contributed by atoms with Crippen LogP contribution in [0, 0.1) is 5.41 Å². The van der Waals surface area contributed by atoms with Crippen LogP contribution < -0.4 is 14.8 Å². The molecule has 1 N–H and O–H groups in total. The molecule has 1 aliphatic heterocycles. The molecular weight excluding hydrogens is 418 g/mol. The molecule has 0 amide bonds. The molecule has 178 valence electrons. The van der Waals surface area contributed by atoms with Gasteiger partial charge in [-0.25, -0.2) is 4.79 Å². The van der Waals surface area contributed by atoms with Gasteiger partial charge < -0.3 is 19.5 Å². The van der Waals surface area contributed by atoms with Crippen molar-refractivity contribution in [3.05, 3.63) is 46.3 Å². The van der Waals surface area contributed by atoms with Gasteiger partial charge in [-0.05, 0) is 62.1 Å². The van der Waals surface area contributed by atoms with Crippen LogP contribution in [-0.4, -0.2) is 32.1 Å². The molecule has 4 rings (SSSR count). The second kappa shape index (κ2) is 9.24. The lowest BCUT2D eigenvalue weighted by Gasteiger charge is -2.39. The van der Waals surface area contributed by atoms with Crippen molar-refractivity contribution in [2.75, 3.05) is 14.2 Å². The van der Waals surface area contributed by atoms with Crippen molar-refractivity contribution < 1.29 is 23.8 Å². The van der Waals surface area contributed by atoms with Crippen LogP contribution in [0.15, 0.2) is 40.7 Å². The highest BCUT2D eigenvalue weighted by atomic mass is 16.5. The molecule has 6 nitrogen and oxygen atoms in total. The Morgan fingerprint density at radius 2 is 1.73 bits per heavy atom. The maximum Gasteiger partial charge on any atom is 0.337 e. The second-order valence-corrected chi connectivity index (χ2v) is 10.2. The van der Waals surface area contributed by atoms with Gasteiger partial charge in [0.25, 0.3) is 0 Å². The SMILES string of the molecule is COc1ccc(C2C(C(=O)OC3CCCCC3)=C(C)NC3=C2C(=O)CC(C)(C)C3)cc1OC. The number of benzene rings is 1. The van der Waals surface area contributed by atoms with Crippen molar-refractivity contribution in [3.8, 4) is 11.5 Å². The normalized spacial score (nSPS) is 23.1. The zero-order valence-corrected chi connectivity index (χ0v) is 20.4. The maximum atomic E-state index is 13.5. The number of hydrogen-bond acceptors (Lipinski definition) is 6. The van der Waals surface area contributed by atoms with Gasteiger partial charge in [-0.1, -0.05) is 26.3 Å². The lowest BCUT2D eigenvalue weighted by atomic mass is 9.68. The Labute approximate surface area is 196 Å². The number of hydrogen-bond donors (Lipinski definition) is 1. The molecule has 0 bridgehead atoms. The zero-order valence-electron chi connectivity index (χ0n) is 20.4. The fourth-order valence-electron chi connectivity index (χ4n) is 5.47. The maximum absolute atomic E-state index is 13.5. The molecule has 1 heterocycles. The summed E-state index contributed by atoms with van der Waals surface area (Å²) in [5.74, 6) is 0.407. The minimum Gasteiger partial charge on any atom is -0.493 e. The Kier molecular flexibility index (Phi) is 6.55. The molecular formula is C27H35NO5. The third-order valence-corrected chi connectivity index (χ3v) is 7.03. The van der Waals surface area contributed by atoms with Crippen molar-refractivity contribution in [3.63, 3.8) is 0 Å². The fraction of sp³-hybridized carbons (Fsp3) is 0.556. The molecule has 1 atom stereocenters. The van der Waals surface area contributed by atoms with E-state index in [0.717, 1.165) is 49.1 Å². The van der Waals surface area contributed by atoms with E-state index in [1.54, 1.807) is 14.2 Å². The fourth-order valence-corrected chi connectivity index (χ4v) is 5.47. The number of dihydropyridines is 1. The van der Waals surface area contributed by atoms with Crippen LogP contribution >= 0.6 is 0 Å². The molecule has 0 radical (unpaired) electrons. The van der Waals surface area contributed by atoms with Gasteiger partial charge in [0.15, 0.2) is 17.3 Å². The molecule has 0 spiro atoms. The summed E-state index contributed by atoms with van der Waals surface area (Å²) in [6.07, 6.45) is 6.27. The molecule has 6 heteroatoms. The number of esters is 1. The van der Waals surface area contributed by atoms with E-state index in [2.05, 4.69) is 19.2 Å². The summed E-state index contributed by atoms with van der Waals surface area (Å²) in [5.41, 5.74) is 3.53. The summed E-state index contributed by atoms with van der Waals surface area (Å²) in [6.45, 7) is 6.11. The van der Waals surface area contributed by atoms with Gasteiger partial charge >= 0.3 is 5.97 Å². The van der Waals surface area contributed by atoms with E-state index in [9.17, 15) is 9.59 Å². The minimum atomic E-state index is -0.499. The Morgan fingerprint density at radius 3 is 2.39 bits per heavy atom. The molecule has 2 aliphatic carbocycles. The first-order chi connectivity index (χ1) is 15.7. The van der Waals surface area contributed by atoms with Crippen molar-refractivity contribution in [2.45, 2.75) is 77.7 Å². The van der Waals surface area contributed by atoms with E-state index >= 15 is 0 Å². The summed E-state index contributed by atoms with van der Waals surface area (Å²) in [6, 6.07) is 5.61. The molecule has 0 saturated heterocycles. The number of methoxy groups -OCH3 is 2. The summed E-state index contributed by atoms with van der Waals surface area (Å²) in [4.78, 5) is 27.0. The van der Waals surface area contributed by atoms with Gasteiger partial charge in [-0.2, -0.15) is 0 Å². The molecule has 0 aromatic heterocycles. The number of carbonyl (C=O) groups is 2. The Bertz CT molecular complexity index is 1010. The lowest BCUT2D eigenvalue weighted by Crippen LogP contribution is -2.39. The number of nitrogens with one attached hydrogen (secondary N) is 1. The summed E-state index contributed by atoms with van der Waals surface area (Å²) in [7, 11) is 3.18. The highest BCUT2D eigenvalue weighted by Gasteiger charge is 2.43. The number of ether oxygens (including phenoxy) is 3. The van der Waals surface area contributed by atoms with Crippen LogP contribution in [0.3, 0.4) is 0 Å². The third-order valence-electron chi connectivity index (χ3n) is 7.03. The van der Waals surface area contributed by atoms with Crippen molar-refractivity contribution in [2.24, 2.45) is 5.41 Å². The highest BCUT2D eigenvalue weighted by molar-refractivity contribution is 6.04. The third kappa shape index (κ3) is 4.66. The molecule has 1 aromatic rings. The van der Waals surface area contributed by atoms with Gasteiger partial charge in [-0.15, -0.1) is 0 Å². The van der Waals surface area contributed by atoms with Gasteiger partial charge in [-0.3, -0.25) is 4.79 Å². The predicted octanol–water partition coefficient (Wildman–Crippen LogP) is 5.18. The molecule has 1 unspecified atom stereocenters. The van der Waals surface area contributed by atoms with Gasteiger partial charge in [0, 0.05) is 29.3 Å². The van der Waals surface area contributed by atoms with Crippen molar-refractivity contribution in [1.82, 2.24) is 5.32 Å². The highest BCUT2D eigenvalue weighted by Crippen LogP contribution is 2.48. The average molecular weight is 454 g/mol. The summed E-state index contributed by atoms with van der Waals surface area (Å²) < 4.78 is 16.9. The van der Waals surface area contributed by atoms with Crippen LogP contribution in [0.25, 0.3) is 0 Å². The van der Waals surface area contributed by atoms with E-state index in [0.29, 0.717) is 29.1 Å². The number of rotatable bonds is 5. The molecule has 1 aromatic carbocycles. The van der Waals surface area contributed by atoms with Crippen LogP contribution in [0.5, 0.6) is 11.5 Å². The first-order valence-corrected chi connectivity index (χ1v) is 11.9. The Balaban J connectivity index is 1.79. The van der Waals surface area contributed by atoms with Crippen molar-refractivity contribution in [1.29, 1.82) is 0 Å². The van der Waals surface area contributed by atoms with Crippen molar-refractivity contribution >= 4 is 11.8 Å². The number of allylic oxidation sites excluding steroid dienone is 3. The topological polar surface area (TPSA) is 73.9 Å².